The van der Waals surface area contributed by atoms with Crippen molar-refractivity contribution in [2.75, 3.05) is 32.8 Å². The number of rotatable bonds is 5. The van der Waals surface area contributed by atoms with Gasteiger partial charge in [0.25, 0.3) is 0 Å². The van der Waals surface area contributed by atoms with Crippen LogP contribution in [0.4, 0.5) is 0 Å². The average molecular weight is 425 g/mol. The van der Waals surface area contributed by atoms with Gasteiger partial charge in [-0.25, -0.2) is 0 Å². The smallest absolute Gasteiger partial charge is 0.223 e. The van der Waals surface area contributed by atoms with E-state index in [0.717, 1.165) is 42.9 Å². The van der Waals surface area contributed by atoms with E-state index in [1.807, 2.05) is 24.3 Å². The first-order chi connectivity index (χ1) is 11.6. The average Bonchev–Trinajstić information content (AvgIpc) is 3.04. The molecule has 1 saturated heterocycles. The molecule has 1 heterocycles. The number of benzene rings is 1. The first-order valence-electron chi connectivity index (χ1n) is 8.74. The third-order valence-electron chi connectivity index (χ3n) is 5.06. The van der Waals surface area contributed by atoms with Crippen LogP contribution in [-0.2, 0) is 9.53 Å². The van der Waals surface area contributed by atoms with Crippen molar-refractivity contribution in [1.82, 2.24) is 10.2 Å². The van der Waals surface area contributed by atoms with E-state index in [0.29, 0.717) is 19.8 Å². The predicted molar refractivity (Wildman–Crippen MR) is 109 cm³/mol. The predicted octanol–water partition coefficient (Wildman–Crippen LogP) is 2.80. The van der Waals surface area contributed by atoms with Gasteiger partial charge in [-0.1, -0.05) is 29.8 Å². The molecule has 1 saturated carbocycles. The summed E-state index contributed by atoms with van der Waals surface area (Å²) in [7, 11) is 0. The summed E-state index contributed by atoms with van der Waals surface area (Å²) in [5.74, 6) is 0.171. The molecule has 1 aliphatic heterocycles. The highest BCUT2D eigenvalue weighted by molar-refractivity contribution is 6.31. The minimum atomic E-state index is 0. The van der Waals surface area contributed by atoms with E-state index >= 15 is 0 Å². The maximum absolute atomic E-state index is 12.5. The Morgan fingerprint density at radius 1 is 1.27 bits per heavy atom. The number of hydrogen-bond donors (Lipinski definition) is 2. The number of carbonyl (C=O) groups excluding carboxylic acids is 1. The summed E-state index contributed by atoms with van der Waals surface area (Å²) in [6.07, 6.45) is 2.62. The van der Waals surface area contributed by atoms with Crippen molar-refractivity contribution < 1.29 is 9.53 Å². The quantitative estimate of drug-likeness (QED) is 0.763. The van der Waals surface area contributed by atoms with Crippen molar-refractivity contribution in [3.63, 3.8) is 0 Å². The monoisotopic (exact) mass is 423 g/mol. The Bertz CT molecular complexity index is 570. The first-order valence-corrected chi connectivity index (χ1v) is 9.12. The van der Waals surface area contributed by atoms with Gasteiger partial charge in [-0.15, -0.1) is 24.8 Å². The SMILES string of the molecule is Cl.Cl.NC1CCC(C(=O)NCC(c2ccccc2Cl)N2CCOCC2)C1. The Labute approximate surface area is 172 Å². The molecule has 3 unspecified atom stereocenters. The second-order valence-corrected chi connectivity index (χ2v) is 7.11. The van der Waals surface area contributed by atoms with Gasteiger partial charge < -0.3 is 15.8 Å². The van der Waals surface area contributed by atoms with Crippen LogP contribution < -0.4 is 11.1 Å². The molecule has 0 radical (unpaired) electrons. The van der Waals surface area contributed by atoms with E-state index in [2.05, 4.69) is 10.2 Å². The molecular weight excluding hydrogens is 397 g/mol. The molecule has 1 aromatic carbocycles. The molecule has 3 rings (SSSR count). The number of nitrogens with one attached hydrogen (secondary N) is 1. The summed E-state index contributed by atoms with van der Waals surface area (Å²) in [6.45, 7) is 3.69. The molecule has 1 amide bonds. The van der Waals surface area contributed by atoms with Crippen LogP contribution in [0.5, 0.6) is 0 Å². The third-order valence-corrected chi connectivity index (χ3v) is 5.41. The molecule has 2 aliphatic rings. The zero-order valence-electron chi connectivity index (χ0n) is 14.7. The Kier molecular flexibility index (Phi) is 10.2. The zero-order chi connectivity index (χ0) is 16.9. The number of amides is 1. The van der Waals surface area contributed by atoms with E-state index in [1.54, 1.807) is 0 Å². The lowest BCUT2D eigenvalue weighted by Gasteiger charge is -2.35. The molecule has 0 aromatic heterocycles. The maximum Gasteiger partial charge on any atom is 0.223 e. The molecule has 0 bridgehead atoms. The summed E-state index contributed by atoms with van der Waals surface area (Å²) in [4.78, 5) is 14.8. The standard InChI is InChI=1S/C18H26ClN3O2.2ClH/c19-16-4-2-1-3-15(16)17(22-7-9-24-10-8-22)12-21-18(23)13-5-6-14(20)11-13;;/h1-4,13-14,17H,5-12,20H2,(H,21,23);2*1H. The molecule has 2 fully saturated rings. The van der Waals surface area contributed by atoms with Crippen LogP contribution in [0, 0.1) is 5.92 Å². The molecule has 1 aromatic rings. The number of nitrogens with zero attached hydrogens (tertiary/aromatic N) is 1. The van der Waals surface area contributed by atoms with E-state index in [1.165, 1.54) is 0 Å². The normalized spacial score (nSPS) is 24.2. The van der Waals surface area contributed by atoms with Crippen molar-refractivity contribution >= 4 is 42.3 Å². The molecule has 0 spiro atoms. The van der Waals surface area contributed by atoms with Gasteiger partial charge in [-0.3, -0.25) is 9.69 Å². The lowest BCUT2D eigenvalue weighted by Crippen LogP contribution is -2.44. The lowest BCUT2D eigenvalue weighted by molar-refractivity contribution is -0.125. The van der Waals surface area contributed by atoms with Crippen LogP contribution in [0.3, 0.4) is 0 Å². The minimum Gasteiger partial charge on any atom is -0.379 e. The fraction of sp³-hybridized carbons (Fsp3) is 0.611. The lowest BCUT2D eigenvalue weighted by atomic mass is 10.0. The van der Waals surface area contributed by atoms with Crippen molar-refractivity contribution in [3.05, 3.63) is 34.9 Å². The van der Waals surface area contributed by atoms with Crippen LogP contribution in [-0.4, -0.2) is 49.7 Å². The van der Waals surface area contributed by atoms with Gasteiger partial charge in [0.1, 0.15) is 0 Å². The van der Waals surface area contributed by atoms with Crippen LogP contribution in [0.15, 0.2) is 24.3 Å². The first kappa shape index (κ1) is 23.5. The summed E-state index contributed by atoms with van der Waals surface area (Å²) in [5, 5.41) is 3.87. The van der Waals surface area contributed by atoms with Crippen LogP contribution in [0.25, 0.3) is 0 Å². The van der Waals surface area contributed by atoms with Gasteiger partial charge >= 0.3 is 0 Å². The fourth-order valence-corrected chi connectivity index (χ4v) is 3.93. The van der Waals surface area contributed by atoms with Crippen molar-refractivity contribution in [2.45, 2.75) is 31.3 Å². The topological polar surface area (TPSA) is 67.6 Å². The van der Waals surface area contributed by atoms with Gasteiger partial charge in [0.05, 0.1) is 19.3 Å². The van der Waals surface area contributed by atoms with Gasteiger partial charge in [0.15, 0.2) is 0 Å². The minimum absolute atomic E-state index is 0. The summed E-state index contributed by atoms with van der Waals surface area (Å²) in [6, 6.07) is 8.11. The Morgan fingerprint density at radius 3 is 2.58 bits per heavy atom. The van der Waals surface area contributed by atoms with Crippen LogP contribution in [0.2, 0.25) is 5.02 Å². The largest absolute Gasteiger partial charge is 0.379 e. The van der Waals surface area contributed by atoms with Crippen LogP contribution in [0.1, 0.15) is 30.9 Å². The maximum atomic E-state index is 12.5. The van der Waals surface area contributed by atoms with E-state index in [-0.39, 0.29) is 48.7 Å². The van der Waals surface area contributed by atoms with Crippen LogP contribution >= 0.6 is 36.4 Å². The zero-order valence-corrected chi connectivity index (χ0v) is 17.1. The highest BCUT2D eigenvalue weighted by Gasteiger charge is 2.29. The summed E-state index contributed by atoms with van der Waals surface area (Å²) < 4.78 is 5.46. The summed E-state index contributed by atoms with van der Waals surface area (Å²) >= 11 is 6.41. The van der Waals surface area contributed by atoms with Gasteiger partial charge in [-0.05, 0) is 30.9 Å². The van der Waals surface area contributed by atoms with Crippen molar-refractivity contribution in [2.24, 2.45) is 11.7 Å². The molecular formula is C18H28Cl3N3O2. The van der Waals surface area contributed by atoms with Gasteiger partial charge in [-0.2, -0.15) is 0 Å². The van der Waals surface area contributed by atoms with Gasteiger partial charge in [0, 0.05) is 36.6 Å². The molecule has 5 nitrogen and oxygen atoms in total. The fourth-order valence-electron chi connectivity index (χ4n) is 3.67. The van der Waals surface area contributed by atoms with Gasteiger partial charge in [0.2, 0.25) is 5.91 Å². The Morgan fingerprint density at radius 2 is 1.96 bits per heavy atom. The van der Waals surface area contributed by atoms with E-state index in [9.17, 15) is 4.79 Å². The number of halogens is 3. The Balaban J connectivity index is 0.00000169. The molecule has 1 aliphatic carbocycles. The highest BCUT2D eigenvalue weighted by Crippen LogP contribution is 2.29. The number of ether oxygens (including phenoxy) is 1. The molecule has 8 heteroatoms. The summed E-state index contributed by atoms with van der Waals surface area (Å²) in [5.41, 5.74) is 6.99. The van der Waals surface area contributed by atoms with Crippen molar-refractivity contribution in [3.8, 4) is 0 Å². The molecule has 3 atom stereocenters. The van der Waals surface area contributed by atoms with E-state index < -0.39 is 0 Å². The molecule has 26 heavy (non-hydrogen) atoms. The van der Waals surface area contributed by atoms with E-state index in [4.69, 9.17) is 22.1 Å². The number of morpholine rings is 1. The third kappa shape index (κ3) is 5.98. The Hall–Kier alpha value is -0.560. The van der Waals surface area contributed by atoms with Crippen molar-refractivity contribution in [1.29, 1.82) is 0 Å². The molecule has 3 N–H and O–H groups in total. The number of nitrogens with two attached hydrogens (primary N) is 1. The second-order valence-electron chi connectivity index (χ2n) is 6.70. The number of hydrogen-bond acceptors (Lipinski definition) is 4. The second kappa shape index (κ2) is 11.3. The molecule has 148 valence electrons. The highest BCUT2D eigenvalue weighted by atomic mass is 35.5. The number of carbonyl (C=O) groups is 1.